The molecule has 1 aromatic carbocycles. The smallest absolute Gasteiger partial charge is 0.216 e. The molecule has 0 amide bonds. The average molecular weight is 371 g/mol. The summed E-state index contributed by atoms with van der Waals surface area (Å²) in [6.45, 7) is 2.94. The van der Waals surface area contributed by atoms with Crippen LogP contribution < -0.4 is 10.1 Å². The van der Waals surface area contributed by atoms with Crippen LogP contribution in [0.1, 0.15) is 24.2 Å². The van der Waals surface area contributed by atoms with Crippen LogP contribution in [0.3, 0.4) is 0 Å². The minimum Gasteiger partial charge on any atom is -0.481 e. The minimum absolute atomic E-state index is 0.139. The van der Waals surface area contributed by atoms with E-state index in [9.17, 15) is 0 Å². The van der Waals surface area contributed by atoms with Crippen molar-refractivity contribution in [2.24, 2.45) is 0 Å². The van der Waals surface area contributed by atoms with Crippen molar-refractivity contribution in [3.8, 4) is 5.88 Å². The number of rotatable bonds is 6. The fourth-order valence-corrected chi connectivity index (χ4v) is 2.53. The monoisotopic (exact) mass is 369 g/mol. The average Bonchev–Trinajstić information content (AvgIpc) is 2.50. The van der Waals surface area contributed by atoms with Crippen LogP contribution in [-0.2, 0) is 6.42 Å². The third-order valence-corrected chi connectivity index (χ3v) is 4.35. The summed E-state index contributed by atoms with van der Waals surface area (Å²) in [4.78, 5) is 8.33. The van der Waals surface area contributed by atoms with Gasteiger partial charge >= 0.3 is 0 Å². The van der Waals surface area contributed by atoms with Gasteiger partial charge in [0, 0.05) is 28.7 Å². The zero-order valence-electron chi connectivity index (χ0n) is 11.9. The second-order valence-electron chi connectivity index (χ2n) is 4.54. The number of aromatic nitrogens is 2. The number of benzene rings is 1. The number of ether oxygens (including phenoxy) is 1. The van der Waals surface area contributed by atoms with Crippen LogP contribution in [0.4, 0.5) is 0 Å². The molecule has 0 bridgehead atoms. The fraction of sp³-hybridized carbons (Fsp3) is 0.333. The summed E-state index contributed by atoms with van der Waals surface area (Å²) in [5.41, 5.74) is 2.05. The Balaban J connectivity index is 2.23. The first-order valence-corrected chi connectivity index (χ1v) is 7.84. The predicted molar refractivity (Wildman–Crippen MR) is 87.9 cm³/mol. The molecule has 2 aromatic rings. The van der Waals surface area contributed by atoms with E-state index in [1.165, 1.54) is 6.33 Å². The fourth-order valence-electron chi connectivity index (χ4n) is 2.09. The van der Waals surface area contributed by atoms with E-state index in [2.05, 4.69) is 44.2 Å². The summed E-state index contributed by atoms with van der Waals surface area (Å²) < 4.78 is 6.03. The molecule has 112 valence electrons. The topological polar surface area (TPSA) is 47.0 Å². The largest absolute Gasteiger partial charge is 0.481 e. The number of halogens is 2. The highest BCUT2D eigenvalue weighted by Gasteiger charge is 2.14. The lowest BCUT2D eigenvalue weighted by Gasteiger charge is -2.18. The second kappa shape index (κ2) is 7.73. The van der Waals surface area contributed by atoms with E-state index >= 15 is 0 Å². The van der Waals surface area contributed by atoms with Crippen molar-refractivity contribution in [3.63, 3.8) is 0 Å². The lowest BCUT2D eigenvalue weighted by Crippen LogP contribution is -2.23. The first kappa shape index (κ1) is 16.2. The molecule has 1 atom stereocenters. The molecule has 0 fully saturated rings. The molecule has 0 aliphatic heterocycles. The lowest BCUT2D eigenvalue weighted by molar-refractivity contribution is 0.395. The summed E-state index contributed by atoms with van der Waals surface area (Å²) >= 11 is 9.60. The number of likely N-dealkylation sites (N-methyl/N-ethyl adjacent to an activating group) is 1. The number of hydrogen-bond acceptors (Lipinski definition) is 4. The molecule has 0 radical (unpaired) electrons. The quantitative estimate of drug-likeness (QED) is 0.840. The predicted octanol–water partition coefficient (Wildman–Crippen LogP) is 3.79. The Kier molecular flexibility index (Phi) is 5.96. The first-order chi connectivity index (χ1) is 10.1. The van der Waals surface area contributed by atoms with Gasteiger partial charge in [-0.25, -0.2) is 9.97 Å². The van der Waals surface area contributed by atoms with Crippen molar-refractivity contribution in [1.29, 1.82) is 0 Å². The molecule has 1 heterocycles. The molecule has 1 aromatic heterocycles. The number of methoxy groups -OCH3 is 1. The van der Waals surface area contributed by atoms with Crippen LogP contribution >= 0.6 is 27.5 Å². The Labute approximate surface area is 138 Å². The Hall–Kier alpha value is -1.17. The van der Waals surface area contributed by atoms with Crippen LogP contribution in [-0.4, -0.2) is 23.6 Å². The Bertz CT molecular complexity index is 609. The Morgan fingerprint density at radius 2 is 2.14 bits per heavy atom. The maximum absolute atomic E-state index is 6.19. The van der Waals surface area contributed by atoms with E-state index in [0.717, 1.165) is 28.7 Å². The van der Waals surface area contributed by atoms with E-state index in [4.69, 9.17) is 16.3 Å². The molecule has 0 spiro atoms. The molecule has 1 unspecified atom stereocenters. The zero-order chi connectivity index (χ0) is 15.2. The highest BCUT2D eigenvalue weighted by molar-refractivity contribution is 9.10. The van der Waals surface area contributed by atoms with E-state index < -0.39 is 0 Å². The summed E-state index contributed by atoms with van der Waals surface area (Å²) in [6, 6.07) is 7.98. The van der Waals surface area contributed by atoms with Crippen molar-refractivity contribution in [2.45, 2.75) is 19.4 Å². The van der Waals surface area contributed by atoms with Gasteiger partial charge in [0.05, 0.1) is 12.1 Å². The summed E-state index contributed by atoms with van der Waals surface area (Å²) in [5.74, 6) is 0.573. The van der Waals surface area contributed by atoms with Crippen LogP contribution in [0.15, 0.2) is 35.1 Å². The van der Waals surface area contributed by atoms with Gasteiger partial charge in [0.1, 0.15) is 6.33 Å². The summed E-state index contributed by atoms with van der Waals surface area (Å²) in [6.07, 6.45) is 2.26. The summed E-state index contributed by atoms with van der Waals surface area (Å²) in [5, 5.41) is 4.16. The molecule has 6 heteroatoms. The SMILES string of the molecule is CCNC(Cc1cc(OC)ncn1)c1ccc(Br)c(Cl)c1. The lowest BCUT2D eigenvalue weighted by atomic mass is 10.0. The Morgan fingerprint density at radius 1 is 1.33 bits per heavy atom. The van der Waals surface area contributed by atoms with Gasteiger partial charge in [-0.2, -0.15) is 0 Å². The van der Waals surface area contributed by atoms with Crippen LogP contribution in [0.5, 0.6) is 5.88 Å². The van der Waals surface area contributed by atoms with Gasteiger partial charge in [0.25, 0.3) is 0 Å². The van der Waals surface area contributed by atoms with Gasteiger partial charge in [-0.05, 0) is 40.2 Å². The maximum Gasteiger partial charge on any atom is 0.216 e. The molecular formula is C15H17BrClN3O. The van der Waals surface area contributed by atoms with Gasteiger partial charge in [0.15, 0.2) is 0 Å². The van der Waals surface area contributed by atoms with Crippen molar-refractivity contribution < 1.29 is 4.74 Å². The van der Waals surface area contributed by atoms with E-state index in [1.807, 2.05) is 18.2 Å². The molecule has 0 saturated carbocycles. The molecule has 21 heavy (non-hydrogen) atoms. The Morgan fingerprint density at radius 3 is 2.81 bits per heavy atom. The molecule has 1 N–H and O–H groups in total. The van der Waals surface area contributed by atoms with Crippen LogP contribution in [0.25, 0.3) is 0 Å². The van der Waals surface area contributed by atoms with Gasteiger partial charge < -0.3 is 10.1 Å². The molecule has 2 rings (SSSR count). The van der Waals surface area contributed by atoms with Crippen molar-refractivity contribution in [1.82, 2.24) is 15.3 Å². The zero-order valence-corrected chi connectivity index (χ0v) is 14.3. The third kappa shape index (κ3) is 4.40. The molecule has 0 saturated heterocycles. The third-order valence-electron chi connectivity index (χ3n) is 3.12. The van der Waals surface area contributed by atoms with Crippen LogP contribution in [0, 0.1) is 0 Å². The molecule has 0 aliphatic rings. The highest BCUT2D eigenvalue weighted by atomic mass is 79.9. The van der Waals surface area contributed by atoms with Crippen LogP contribution in [0.2, 0.25) is 5.02 Å². The van der Waals surface area contributed by atoms with Crippen molar-refractivity contribution in [2.75, 3.05) is 13.7 Å². The minimum atomic E-state index is 0.139. The number of hydrogen-bond donors (Lipinski definition) is 1. The molecule has 4 nitrogen and oxygen atoms in total. The van der Waals surface area contributed by atoms with Gasteiger partial charge in [0.2, 0.25) is 5.88 Å². The molecular weight excluding hydrogens is 354 g/mol. The second-order valence-corrected chi connectivity index (χ2v) is 5.80. The highest BCUT2D eigenvalue weighted by Crippen LogP contribution is 2.27. The molecule has 0 aliphatic carbocycles. The van der Waals surface area contributed by atoms with Crippen molar-refractivity contribution in [3.05, 3.63) is 51.3 Å². The van der Waals surface area contributed by atoms with Gasteiger partial charge in [-0.15, -0.1) is 0 Å². The first-order valence-electron chi connectivity index (χ1n) is 6.67. The normalized spacial score (nSPS) is 12.2. The van der Waals surface area contributed by atoms with Gasteiger partial charge in [-0.3, -0.25) is 0 Å². The maximum atomic E-state index is 6.19. The van der Waals surface area contributed by atoms with Crippen molar-refractivity contribution >= 4 is 27.5 Å². The standard InChI is InChI=1S/C15H17BrClN3O/c1-3-18-14(10-4-5-12(16)13(17)6-10)7-11-8-15(21-2)20-9-19-11/h4-6,8-9,14,18H,3,7H2,1-2H3. The number of nitrogens with one attached hydrogen (secondary N) is 1. The van der Waals surface area contributed by atoms with Gasteiger partial charge in [-0.1, -0.05) is 24.6 Å². The van der Waals surface area contributed by atoms with E-state index in [0.29, 0.717) is 10.9 Å². The van der Waals surface area contributed by atoms with E-state index in [1.54, 1.807) is 7.11 Å². The number of nitrogens with zero attached hydrogens (tertiary/aromatic N) is 2. The summed E-state index contributed by atoms with van der Waals surface area (Å²) in [7, 11) is 1.60. The van der Waals surface area contributed by atoms with E-state index in [-0.39, 0.29) is 6.04 Å².